The molecule has 184 valence electrons. The van der Waals surface area contributed by atoms with Gasteiger partial charge in [0.15, 0.2) is 11.3 Å². The van der Waals surface area contributed by atoms with Crippen LogP contribution in [0.4, 0.5) is 13.2 Å². The highest BCUT2D eigenvalue weighted by molar-refractivity contribution is 5.86. The van der Waals surface area contributed by atoms with E-state index in [9.17, 15) is 18.0 Å². The van der Waals surface area contributed by atoms with Gasteiger partial charge in [-0.2, -0.15) is 18.3 Å². The smallest absolute Gasteiger partial charge is 0.435 e. The maximum Gasteiger partial charge on any atom is 0.435 e. The van der Waals surface area contributed by atoms with Crippen LogP contribution in [-0.2, 0) is 31.0 Å². The van der Waals surface area contributed by atoms with E-state index in [-0.39, 0.29) is 12.3 Å². The molecule has 11 heteroatoms. The van der Waals surface area contributed by atoms with Crippen molar-refractivity contribution in [3.8, 4) is 11.6 Å². The molecule has 3 heterocycles. The van der Waals surface area contributed by atoms with Crippen LogP contribution >= 0.6 is 0 Å². The van der Waals surface area contributed by atoms with Crippen molar-refractivity contribution in [3.05, 3.63) is 64.6 Å². The monoisotopic (exact) mass is 486 g/mol. The lowest BCUT2D eigenvalue weighted by atomic mass is 10.00. The summed E-state index contributed by atoms with van der Waals surface area (Å²) in [7, 11) is 3.38. The zero-order valence-corrected chi connectivity index (χ0v) is 19.8. The predicted molar refractivity (Wildman–Crippen MR) is 123 cm³/mol. The Kier molecular flexibility index (Phi) is 6.51. The lowest BCUT2D eigenvalue weighted by molar-refractivity contribution is -0.141. The maximum absolute atomic E-state index is 12.7. The third kappa shape index (κ3) is 4.98. The molecular weight excluding hydrogens is 461 g/mol. The zero-order valence-electron chi connectivity index (χ0n) is 19.8. The number of nitrogens with zero attached hydrogens (tertiary/aromatic N) is 5. The van der Waals surface area contributed by atoms with Gasteiger partial charge in [-0.3, -0.25) is 4.79 Å². The van der Waals surface area contributed by atoms with Gasteiger partial charge in [0.2, 0.25) is 11.8 Å². The first kappa shape index (κ1) is 24.2. The fourth-order valence-corrected chi connectivity index (χ4v) is 4.02. The number of methoxy groups -OCH3 is 1. The molecule has 0 saturated carbocycles. The number of rotatable bonds is 7. The highest BCUT2D eigenvalue weighted by atomic mass is 19.4. The fraction of sp³-hybridized carbons (Fsp3) is 0.333. The van der Waals surface area contributed by atoms with Crippen LogP contribution in [0.3, 0.4) is 0 Å². The highest BCUT2D eigenvalue weighted by Gasteiger charge is 2.33. The third-order valence-electron chi connectivity index (χ3n) is 5.89. The first-order valence-corrected chi connectivity index (χ1v) is 10.9. The molecule has 0 aliphatic heterocycles. The van der Waals surface area contributed by atoms with E-state index in [4.69, 9.17) is 4.74 Å². The highest BCUT2D eigenvalue weighted by Crippen LogP contribution is 2.30. The van der Waals surface area contributed by atoms with Crippen LogP contribution in [0.25, 0.3) is 16.7 Å². The van der Waals surface area contributed by atoms with Gasteiger partial charge in [-0.05, 0) is 55.2 Å². The summed E-state index contributed by atoms with van der Waals surface area (Å²) in [5, 5.41) is 11.6. The van der Waals surface area contributed by atoms with Crippen molar-refractivity contribution in [1.82, 2.24) is 29.9 Å². The van der Waals surface area contributed by atoms with E-state index in [1.807, 2.05) is 20.9 Å². The van der Waals surface area contributed by atoms with E-state index in [0.29, 0.717) is 24.5 Å². The Balaban J connectivity index is 1.37. The van der Waals surface area contributed by atoms with Gasteiger partial charge in [-0.15, -0.1) is 5.10 Å². The van der Waals surface area contributed by atoms with Gasteiger partial charge in [0.1, 0.15) is 0 Å². The van der Waals surface area contributed by atoms with E-state index in [1.54, 1.807) is 36.1 Å². The number of aromatic nitrogens is 5. The van der Waals surface area contributed by atoms with Gasteiger partial charge in [-0.25, -0.2) is 14.3 Å². The SMILES string of the molecule is COc1nn(C)c2nc(C)c(CCC(=O)NCc3ccc(-n4ccc(C(F)(F)F)n4)cc3)c(C)c12. The van der Waals surface area contributed by atoms with Gasteiger partial charge in [0.05, 0.1) is 18.2 Å². The maximum atomic E-state index is 12.7. The Bertz CT molecular complexity index is 1370. The molecule has 4 aromatic rings. The number of carbonyl (C=O) groups excluding carboxylic acids is 1. The number of carbonyl (C=O) groups is 1. The molecule has 0 radical (unpaired) electrons. The molecule has 4 rings (SSSR count). The summed E-state index contributed by atoms with van der Waals surface area (Å²) in [6.07, 6.45) is -2.43. The average Bonchev–Trinajstić information content (AvgIpc) is 3.43. The molecule has 0 unspecified atom stereocenters. The Morgan fingerprint density at radius 3 is 2.46 bits per heavy atom. The summed E-state index contributed by atoms with van der Waals surface area (Å²) in [6.45, 7) is 4.20. The molecule has 0 aliphatic rings. The van der Waals surface area contributed by atoms with Crippen molar-refractivity contribution in [1.29, 1.82) is 0 Å². The minimum Gasteiger partial charge on any atom is -0.479 e. The first-order chi connectivity index (χ1) is 16.6. The summed E-state index contributed by atoms with van der Waals surface area (Å²) < 4.78 is 46.5. The van der Waals surface area contributed by atoms with Gasteiger partial charge in [-0.1, -0.05) is 12.1 Å². The van der Waals surface area contributed by atoms with E-state index in [2.05, 4.69) is 20.5 Å². The summed E-state index contributed by atoms with van der Waals surface area (Å²) in [4.78, 5) is 17.1. The number of aryl methyl sites for hydroxylation is 3. The summed E-state index contributed by atoms with van der Waals surface area (Å²) in [6, 6.07) is 7.72. The number of benzene rings is 1. The van der Waals surface area contributed by atoms with Gasteiger partial charge in [0.25, 0.3) is 0 Å². The summed E-state index contributed by atoms with van der Waals surface area (Å²) >= 11 is 0. The summed E-state index contributed by atoms with van der Waals surface area (Å²) in [5.41, 5.74) is 3.93. The number of nitrogens with one attached hydrogen (secondary N) is 1. The standard InChI is InChI=1S/C24H25F3N6O2/c1-14-18(15(2)29-22-21(14)23(35-4)31-32(22)3)9-10-20(34)28-13-16-5-7-17(8-6-16)33-12-11-19(30-33)24(25,26)27/h5-8,11-12H,9-10,13H2,1-4H3,(H,28,34). The van der Waals surface area contributed by atoms with Crippen LogP contribution in [-0.4, -0.2) is 37.6 Å². The second-order valence-electron chi connectivity index (χ2n) is 8.22. The number of alkyl halides is 3. The molecular formula is C24H25F3N6O2. The van der Waals surface area contributed by atoms with Crippen LogP contribution in [0.2, 0.25) is 0 Å². The van der Waals surface area contributed by atoms with E-state index < -0.39 is 11.9 Å². The number of fused-ring (bicyclic) bond motifs is 1. The minimum atomic E-state index is -4.49. The quantitative estimate of drug-likeness (QED) is 0.426. The van der Waals surface area contributed by atoms with Crippen LogP contribution < -0.4 is 10.1 Å². The van der Waals surface area contributed by atoms with Gasteiger partial charge in [0, 0.05) is 31.9 Å². The topological polar surface area (TPSA) is 86.9 Å². The molecule has 0 atom stereocenters. The number of pyridine rings is 1. The molecule has 0 fully saturated rings. The molecule has 1 amide bonds. The van der Waals surface area contributed by atoms with Crippen LogP contribution in [0, 0.1) is 13.8 Å². The molecule has 0 saturated heterocycles. The van der Waals surface area contributed by atoms with Crippen LogP contribution in [0.5, 0.6) is 5.88 Å². The average molecular weight is 486 g/mol. The number of halogens is 3. The molecule has 35 heavy (non-hydrogen) atoms. The number of amides is 1. The molecule has 3 aromatic heterocycles. The summed E-state index contributed by atoms with van der Waals surface area (Å²) in [5.74, 6) is 0.388. The van der Waals surface area contributed by atoms with Gasteiger partial charge >= 0.3 is 6.18 Å². The van der Waals surface area contributed by atoms with Crippen molar-refractivity contribution in [2.24, 2.45) is 7.05 Å². The number of hydrogen-bond donors (Lipinski definition) is 1. The number of ether oxygens (including phenoxy) is 1. The molecule has 0 aliphatic carbocycles. The molecule has 0 spiro atoms. The number of hydrogen-bond acceptors (Lipinski definition) is 5. The first-order valence-electron chi connectivity index (χ1n) is 10.9. The molecule has 0 bridgehead atoms. The predicted octanol–water partition coefficient (Wildman–Crippen LogP) is 4.05. The zero-order chi connectivity index (χ0) is 25.3. The second kappa shape index (κ2) is 9.40. The molecule has 1 aromatic carbocycles. The third-order valence-corrected chi connectivity index (χ3v) is 5.89. The van der Waals surface area contributed by atoms with Crippen LogP contribution in [0.1, 0.15) is 34.5 Å². The van der Waals surface area contributed by atoms with E-state index in [0.717, 1.165) is 44.2 Å². The molecule has 1 N–H and O–H groups in total. The largest absolute Gasteiger partial charge is 0.479 e. The van der Waals surface area contributed by atoms with E-state index in [1.165, 1.54) is 6.20 Å². The minimum absolute atomic E-state index is 0.118. The van der Waals surface area contributed by atoms with Gasteiger partial charge < -0.3 is 10.1 Å². The normalized spacial score (nSPS) is 11.7. The Morgan fingerprint density at radius 2 is 1.83 bits per heavy atom. The fourth-order valence-electron chi connectivity index (χ4n) is 4.02. The van der Waals surface area contributed by atoms with Crippen molar-refractivity contribution >= 4 is 16.9 Å². The molecule has 8 nitrogen and oxygen atoms in total. The van der Waals surface area contributed by atoms with Crippen LogP contribution in [0.15, 0.2) is 36.5 Å². The second-order valence-corrected chi connectivity index (χ2v) is 8.22. The lowest BCUT2D eigenvalue weighted by Gasteiger charge is -2.11. The Morgan fingerprint density at radius 1 is 1.11 bits per heavy atom. The Labute approximate surface area is 199 Å². The van der Waals surface area contributed by atoms with Crippen molar-refractivity contribution < 1.29 is 22.7 Å². The van der Waals surface area contributed by atoms with Crippen molar-refractivity contribution in [2.45, 2.75) is 39.4 Å². The van der Waals surface area contributed by atoms with Crippen molar-refractivity contribution in [2.75, 3.05) is 7.11 Å². The Hall–Kier alpha value is -3.89. The van der Waals surface area contributed by atoms with E-state index >= 15 is 0 Å². The lowest BCUT2D eigenvalue weighted by Crippen LogP contribution is -2.23. The van der Waals surface area contributed by atoms with Crippen molar-refractivity contribution in [3.63, 3.8) is 0 Å².